The van der Waals surface area contributed by atoms with Crippen LogP contribution in [-0.2, 0) is 13.0 Å². The lowest BCUT2D eigenvalue weighted by atomic mass is 10.0. The minimum atomic E-state index is 0.115. The first-order valence-electron chi connectivity index (χ1n) is 8.00. The van der Waals surface area contributed by atoms with Gasteiger partial charge in [0, 0.05) is 24.4 Å². The third-order valence-electron chi connectivity index (χ3n) is 3.77. The number of pyridine rings is 1. The molecule has 0 bridgehead atoms. The molecule has 1 aromatic heterocycles. The van der Waals surface area contributed by atoms with Gasteiger partial charge in [0.2, 0.25) is 0 Å². The van der Waals surface area contributed by atoms with Gasteiger partial charge in [-0.15, -0.1) is 0 Å². The van der Waals surface area contributed by atoms with E-state index in [4.69, 9.17) is 4.74 Å². The van der Waals surface area contributed by atoms with Gasteiger partial charge in [-0.3, -0.25) is 9.78 Å². The van der Waals surface area contributed by atoms with Crippen molar-refractivity contribution >= 4 is 5.78 Å². The molecule has 2 aromatic carbocycles. The molecule has 0 aliphatic carbocycles. The summed E-state index contributed by atoms with van der Waals surface area (Å²) in [6.45, 7) is 0.494. The Morgan fingerprint density at radius 3 is 2.54 bits per heavy atom. The summed E-state index contributed by atoms with van der Waals surface area (Å²) in [5.74, 6) is 0.829. The van der Waals surface area contributed by atoms with Crippen LogP contribution in [0.1, 0.15) is 27.9 Å². The van der Waals surface area contributed by atoms with Crippen molar-refractivity contribution in [3.63, 3.8) is 0 Å². The van der Waals surface area contributed by atoms with Gasteiger partial charge in [0.1, 0.15) is 12.4 Å². The standard InChI is InChI=1S/C21H19NO2/c23-21(12-11-17-8-5-13-22-15-17)19-9-4-10-20(14-19)24-16-18-6-2-1-3-7-18/h1-10,13-15H,11-12,16H2. The Hall–Kier alpha value is -2.94. The van der Waals surface area contributed by atoms with Crippen molar-refractivity contribution in [3.05, 3.63) is 95.8 Å². The summed E-state index contributed by atoms with van der Waals surface area (Å²) in [5, 5.41) is 0. The summed E-state index contributed by atoms with van der Waals surface area (Å²) in [5.41, 5.74) is 2.86. The highest BCUT2D eigenvalue weighted by Gasteiger charge is 2.08. The highest BCUT2D eigenvalue weighted by atomic mass is 16.5. The quantitative estimate of drug-likeness (QED) is 0.603. The van der Waals surface area contributed by atoms with Crippen molar-refractivity contribution in [1.82, 2.24) is 4.98 Å². The van der Waals surface area contributed by atoms with Crippen LogP contribution in [0.25, 0.3) is 0 Å². The fourth-order valence-electron chi connectivity index (χ4n) is 2.45. The maximum Gasteiger partial charge on any atom is 0.163 e. The van der Waals surface area contributed by atoms with Crippen molar-refractivity contribution in [2.45, 2.75) is 19.4 Å². The van der Waals surface area contributed by atoms with Gasteiger partial charge in [-0.25, -0.2) is 0 Å². The van der Waals surface area contributed by atoms with Crippen LogP contribution in [0, 0.1) is 0 Å². The Morgan fingerprint density at radius 1 is 0.917 bits per heavy atom. The van der Waals surface area contributed by atoms with Gasteiger partial charge in [0.15, 0.2) is 5.78 Å². The molecule has 120 valence electrons. The van der Waals surface area contributed by atoms with E-state index < -0.39 is 0 Å². The molecule has 3 nitrogen and oxygen atoms in total. The Bertz CT molecular complexity index is 785. The summed E-state index contributed by atoms with van der Waals surface area (Å²) in [4.78, 5) is 16.4. The molecule has 1 heterocycles. The molecule has 0 atom stereocenters. The molecule has 3 rings (SSSR count). The molecule has 0 fully saturated rings. The first-order valence-corrected chi connectivity index (χ1v) is 8.00. The number of rotatable bonds is 7. The zero-order valence-electron chi connectivity index (χ0n) is 13.4. The lowest BCUT2D eigenvalue weighted by Gasteiger charge is -2.08. The zero-order valence-corrected chi connectivity index (χ0v) is 13.4. The molecule has 0 N–H and O–H groups in total. The van der Waals surface area contributed by atoms with E-state index >= 15 is 0 Å². The number of ether oxygens (including phenoxy) is 1. The van der Waals surface area contributed by atoms with Crippen LogP contribution < -0.4 is 4.74 Å². The molecular weight excluding hydrogens is 298 g/mol. The number of carbonyl (C=O) groups is 1. The molecule has 0 spiro atoms. The molecule has 0 amide bonds. The van der Waals surface area contributed by atoms with E-state index in [-0.39, 0.29) is 5.78 Å². The molecule has 0 aliphatic heterocycles. The van der Waals surface area contributed by atoms with Gasteiger partial charge in [0.25, 0.3) is 0 Å². The minimum absolute atomic E-state index is 0.115. The summed E-state index contributed by atoms with van der Waals surface area (Å²) in [6, 6.07) is 21.2. The van der Waals surface area contributed by atoms with E-state index in [9.17, 15) is 4.79 Å². The molecule has 0 aliphatic rings. The second-order valence-corrected chi connectivity index (χ2v) is 5.59. The van der Waals surface area contributed by atoms with Gasteiger partial charge in [-0.1, -0.05) is 48.5 Å². The Labute approximate surface area is 142 Å². The van der Waals surface area contributed by atoms with Crippen molar-refractivity contribution in [2.75, 3.05) is 0 Å². The van der Waals surface area contributed by atoms with Gasteiger partial charge >= 0.3 is 0 Å². The highest BCUT2D eigenvalue weighted by Crippen LogP contribution is 2.17. The van der Waals surface area contributed by atoms with E-state index in [0.717, 1.165) is 11.1 Å². The summed E-state index contributed by atoms with van der Waals surface area (Å²) in [6.07, 6.45) is 4.70. The number of nitrogens with zero attached hydrogens (tertiary/aromatic N) is 1. The minimum Gasteiger partial charge on any atom is -0.489 e. The van der Waals surface area contributed by atoms with Crippen LogP contribution in [0.3, 0.4) is 0 Å². The maximum atomic E-state index is 12.4. The first kappa shape index (κ1) is 15.9. The Morgan fingerprint density at radius 2 is 1.75 bits per heavy atom. The number of ketones is 1. The van der Waals surface area contributed by atoms with Crippen LogP contribution in [0.15, 0.2) is 79.1 Å². The smallest absolute Gasteiger partial charge is 0.163 e. The number of benzene rings is 2. The first-order chi connectivity index (χ1) is 11.8. The summed E-state index contributed by atoms with van der Waals surface area (Å²) < 4.78 is 5.78. The monoisotopic (exact) mass is 317 g/mol. The fourth-order valence-corrected chi connectivity index (χ4v) is 2.45. The second-order valence-electron chi connectivity index (χ2n) is 5.59. The number of hydrogen-bond donors (Lipinski definition) is 0. The average molecular weight is 317 g/mol. The Kier molecular flexibility index (Phi) is 5.36. The van der Waals surface area contributed by atoms with E-state index in [2.05, 4.69) is 4.98 Å². The number of aromatic nitrogens is 1. The van der Waals surface area contributed by atoms with Crippen LogP contribution in [0.4, 0.5) is 0 Å². The molecular formula is C21H19NO2. The highest BCUT2D eigenvalue weighted by molar-refractivity contribution is 5.96. The number of carbonyl (C=O) groups excluding carboxylic acids is 1. The average Bonchev–Trinajstić information content (AvgIpc) is 2.66. The fraction of sp³-hybridized carbons (Fsp3) is 0.143. The zero-order chi connectivity index (χ0) is 16.6. The number of aryl methyl sites for hydroxylation is 1. The van der Waals surface area contributed by atoms with Crippen molar-refractivity contribution in [2.24, 2.45) is 0 Å². The SMILES string of the molecule is O=C(CCc1cccnc1)c1cccc(OCc2ccccc2)c1. The van der Waals surface area contributed by atoms with Crippen molar-refractivity contribution in [3.8, 4) is 5.75 Å². The molecule has 0 saturated heterocycles. The van der Waals surface area contributed by atoms with Crippen LogP contribution in [0.5, 0.6) is 5.75 Å². The normalized spacial score (nSPS) is 10.3. The van der Waals surface area contributed by atoms with E-state index in [1.54, 1.807) is 12.4 Å². The number of Topliss-reactive ketones (excluding diaryl/α,β-unsaturated/α-hetero) is 1. The molecule has 0 saturated carbocycles. The second kappa shape index (κ2) is 8.06. The van der Waals surface area contributed by atoms with Crippen LogP contribution in [-0.4, -0.2) is 10.8 Å². The number of hydrogen-bond acceptors (Lipinski definition) is 3. The Balaban J connectivity index is 1.59. The van der Waals surface area contributed by atoms with E-state index in [0.29, 0.717) is 30.8 Å². The molecule has 3 heteroatoms. The maximum absolute atomic E-state index is 12.4. The molecule has 3 aromatic rings. The summed E-state index contributed by atoms with van der Waals surface area (Å²) >= 11 is 0. The predicted octanol–water partition coefficient (Wildman–Crippen LogP) is 4.48. The van der Waals surface area contributed by atoms with Crippen molar-refractivity contribution in [1.29, 1.82) is 0 Å². The van der Waals surface area contributed by atoms with Gasteiger partial charge in [-0.05, 0) is 35.7 Å². The predicted molar refractivity (Wildman–Crippen MR) is 94.1 cm³/mol. The van der Waals surface area contributed by atoms with Gasteiger partial charge < -0.3 is 4.74 Å². The third-order valence-corrected chi connectivity index (χ3v) is 3.77. The van der Waals surface area contributed by atoms with Crippen LogP contribution >= 0.6 is 0 Å². The van der Waals surface area contributed by atoms with Crippen LogP contribution in [0.2, 0.25) is 0 Å². The lowest BCUT2D eigenvalue weighted by molar-refractivity contribution is 0.0982. The lowest BCUT2D eigenvalue weighted by Crippen LogP contribution is -2.02. The van der Waals surface area contributed by atoms with E-state index in [1.807, 2.05) is 66.7 Å². The summed E-state index contributed by atoms with van der Waals surface area (Å²) in [7, 11) is 0. The third kappa shape index (κ3) is 4.53. The van der Waals surface area contributed by atoms with Gasteiger partial charge in [0.05, 0.1) is 0 Å². The van der Waals surface area contributed by atoms with Gasteiger partial charge in [-0.2, -0.15) is 0 Å². The molecule has 24 heavy (non-hydrogen) atoms. The van der Waals surface area contributed by atoms with Crippen molar-refractivity contribution < 1.29 is 9.53 Å². The molecule has 0 radical (unpaired) electrons. The van der Waals surface area contributed by atoms with E-state index in [1.165, 1.54) is 0 Å². The molecule has 0 unspecified atom stereocenters. The largest absolute Gasteiger partial charge is 0.489 e. The topological polar surface area (TPSA) is 39.2 Å².